The predicted molar refractivity (Wildman–Crippen MR) is 86.5 cm³/mol. The van der Waals surface area contributed by atoms with Gasteiger partial charge in [0.1, 0.15) is 6.26 Å². The van der Waals surface area contributed by atoms with Crippen molar-refractivity contribution in [3.05, 3.63) is 17.8 Å². The number of carbonyl (C=O) groups excluding carboxylic acids is 1. The molecular weight excluding hydrogens is 278 g/mol. The lowest BCUT2D eigenvalue weighted by Crippen LogP contribution is -2.39. The van der Waals surface area contributed by atoms with Crippen molar-refractivity contribution in [3.8, 4) is 0 Å². The second-order valence-corrected chi connectivity index (χ2v) is 6.48. The fourth-order valence-electron chi connectivity index (χ4n) is 3.14. The molecule has 2 atom stereocenters. The summed E-state index contributed by atoms with van der Waals surface area (Å²) >= 11 is 0. The summed E-state index contributed by atoms with van der Waals surface area (Å²) < 4.78 is 5.37. The number of rotatable bonds is 7. The van der Waals surface area contributed by atoms with Gasteiger partial charge in [-0.2, -0.15) is 0 Å². The van der Waals surface area contributed by atoms with Crippen molar-refractivity contribution in [1.82, 2.24) is 10.3 Å². The lowest BCUT2D eigenvalue weighted by Gasteiger charge is -2.27. The van der Waals surface area contributed by atoms with Crippen molar-refractivity contribution < 1.29 is 9.21 Å². The normalized spacial score (nSPS) is 18.9. The molecule has 2 rings (SSSR count). The first kappa shape index (κ1) is 17.0. The highest BCUT2D eigenvalue weighted by Crippen LogP contribution is 2.26. The highest BCUT2D eigenvalue weighted by Gasteiger charge is 2.23. The molecule has 5 nitrogen and oxygen atoms in total. The van der Waals surface area contributed by atoms with E-state index in [1.165, 1.54) is 38.4 Å². The number of oxazole rings is 1. The number of nitrogens with two attached hydrogens (primary N) is 1. The monoisotopic (exact) mass is 307 g/mol. The van der Waals surface area contributed by atoms with E-state index < -0.39 is 0 Å². The zero-order chi connectivity index (χ0) is 15.9. The zero-order valence-electron chi connectivity index (χ0n) is 13.8. The van der Waals surface area contributed by atoms with Gasteiger partial charge in [0.05, 0.1) is 6.04 Å². The Morgan fingerprint density at radius 2 is 2.18 bits per heavy atom. The Morgan fingerprint density at radius 3 is 2.86 bits per heavy atom. The van der Waals surface area contributed by atoms with Gasteiger partial charge in [0.15, 0.2) is 5.69 Å². The molecular formula is C17H29N3O2. The van der Waals surface area contributed by atoms with Crippen molar-refractivity contribution in [3.63, 3.8) is 0 Å². The van der Waals surface area contributed by atoms with Crippen LogP contribution >= 0.6 is 0 Å². The Hall–Kier alpha value is -1.36. The van der Waals surface area contributed by atoms with E-state index in [0.717, 1.165) is 19.3 Å². The van der Waals surface area contributed by atoms with Crippen LogP contribution in [0.4, 0.5) is 0 Å². The molecule has 5 heteroatoms. The van der Waals surface area contributed by atoms with Gasteiger partial charge in [-0.3, -0.25) is 4.79 Å². The third-order valence-electron chi connectivity index (χ3n) is 4.66. The van der Waals surface area contributed by atoms with Crippen LogP contribution in [0.15, 0.2) is 10.7 Å². The molecule has 1 aliphatic carbocycles. The molecule has 124 valence electrons. The van der Waals surface area contributed by atoms with Crippen LogP contribution in [0.2, 0.25) is 0 Å². The topological polar surface area (TPSA) is 81.1 Å². The summed E-state index contributed by atoms with van der Waals surface area (Å²) in [6, 6.07) is -0.0426. The van der Waals surface area contributed by atoms with Gasteiger partial charge in [-0.25, -0.2) is 4.98 Å². The van der Waals surface area contributed by atoms with E-state index in [4.69, 9.17) is 10.2 Å². The third-order valence-corrected chi connectivity index (χ3v) is 4.66. The minimum atomic E-state index is -0.225. The Morgan fingerprint density at radius 1 is 1.45 bits per heavy atom. The molecule has 22 heavy (non-hydrogen) atoms. The predicted octanol–water partition coefficient (Wildman–Crippen LogP) is 3.56. The summed E-state index contributed by atoms with van der Waals surface area (Å²) in [5, 5.41) is 3.06. The minimum absolute atomic E-state index is 0.157. The van der Waals surface area contributed by atoms with E-state index in [2.05, 4.69) is 24.1 Å². The smallest absolute Gasteiger partial charge is 0.273 e. The number of nitrogens with zero attached hydrogens (tertiary/aromatic N) is 1. The summed E-state index contributed by atoms with van der Waals surface area (Å²) in [4.78, 5) is 16.5. The third kappa shape index (κ3) is 4.57. The molecule has 0 aromatic carbocycles. The molecule has 3 N–H and O–H groups in total. The summed E-state index contributed by atoms with van der Waals surface area (Å²) in [5.74, 6) is 0.885. The fourth-order valence-corrected chi connectivity index (χ4v) is 3.14. The molecule has 1 heterocycles. The Balaban J connectivity index is 1.88. The Bertz CT molecular complexity index is 466. The van der Waals surface area contributed by atoms with Crippen molar-refractivity contribution in [2.45, 2.75) is 77.3 Å². The average molecular weight is 307 g/mol. The van der Waals surface area contributed by atoms with E-state index in [1.54, 1.807) is 0 Å². The highest BCUT2D eigenvalue weighted by atomic mass is 16.3. The number of nitrogens with one attached hydrogen (secondary N) is 1. The summed E-state index contributed by atoms with van der Waals surface area (Å²) in [6.07, 6.45) is 10.6. The van der Waals surface area contributed by atoms with Crippen molar-refractivity contribution in [2.75, 3.05) is 0 Å². The minimum Gasteiger partial charge on any atom is -0.446 e. The number of hydrogen-bond donors (Lipinski definition) is 2. The van der Waals surface area contributed by atoms with Crippen LogP contribution in [0.3, 0.4) is 0 Å². The molecule has 0 bridgehead atoms. The number of amides is 1. The lowest BCUT2D eigenvalue weighted by atomic mass is 9.84. The molecule has 1 amide bonds. The van der Waals surface area contributed by atoms with Crippen molar-refractivity contribution in [1.29, 1.82) is 0 Å². The standard InChI is InChI=1S/C17H29N3O2/c1-3-4-10-14(18)17-20-15(11-22-17)16(21)19-12(2)13-8-6-5-7-9-13/h11-14H,3-10,18H2,1-2H3,(H,19,21). The summed E-state index contributed by atoms with van der Waals surface area (Å²) in [5.41, 5.74) is 6.36. The van der Waals surface area contributed by atoms with Crippen LogP contribution < -0.4 is 11.1 Å². The molecule has 2 unspecified atom stereocenters. The van der Waals surface area contributed by atoms with Gasteiger partial charge in [-0.1, -0.05) is 39.0 Å². The van der Waals surface area contributed by atoms with E-state index in [1.807, 2.05) is 0 Å². The number of unbranched alkanes of at least 4 members (excludes halogenated alkanes) is 1. The number of hydrogen-bond acceptors (Lipinski definition) is 4. The van der Waals surface area contributed by atoms with Crippen LogP contribution in [0.1, 0.15) is 87.6 Å². The van der Waals surface area contributed by atoms with Gasteiger partial charge >= 0.3 is 0 Å². The van der Waals surface area contributed by atoms with Gasteiger partial charge in [0.2, 0.25) is 5.89 Å². The van der Waals surface area contributed by atoms with Crippen LogP contribution in [0.5, 0.6) is 0 Å². The van der Waals surface area contributed by atoms with Crippen LogP contribution in [-0.4, -0.2) is 16.9 Å². The molecule has 0 aliphatic heterocycles. The second kappa shape index (κ2) is 8.32. The fraction of sp³-hybridized carbons (Fsp3) is 0.765. The number of carbonyl (C=O) groups is 1. The van der Waals surface area contributed by atoms with Crippen molar-refractivity contribution >= 4 is 5.91 Å². The maximum absolute atomic E-state index is 12.3. The first-order chi connectivity index (χ1) is 10.6. The summed E-state index contributed by atoms with van der Waals surface area (Å²) in [7, 11) is 0. The van der Waals surface area contributed by atoms with Crippen LogP contribution in [-0.2, 0) is 0 Å². The van der Waals surface area contributed by atoms with E-state index in [0.29, 0.717) is 17.5 Å². The molecule has 0 saturated heterocycles. The average Bonchev–Trinajstić information content (AvgIpc) is 3.03. The van der Waals surface area contributed by atoms with Gasteiger partial charge in [-0.05, 0) is 32.1 Å². The lowest BCUT2D eigenvalue weighted by molar-refractivity contribution is 0.0914. The molecule has 1 saturated carbocycles. The molecule has 1 aromatic rings. The van der Waals surface area contributed by atoms with E-state index in [9.17, 15) is 4.79 Å². The van der Waals surface area contributed by atoms with Gasteiger partial charge < -0.3 is 15.5 Å². The highest BCUT2D eigenvalue weighted by molar-refractivity contribution is 5.92. The molecule has 1 aromatic heterocycles. The Kier molecular flexibility index (Phi) is 6.43. The maximum Gasteiger partial charge on any atom is 0.273 e. The number of aromatic nitrogens is 1. The molecule has 0 spiro atoms. The Labute approximate surface area is 133 Å². The van der Waals surface area contributed by atoms with Crippen LogP contribution in [0, 0.1) is 5.92 Å². The second-order valence-electron chi connectivity index (χ2n) is 6.48. The van der Waals surface area contributed by atoms with E-state index >= 15 is 0 Å². The zero-order valence-corrected chi connectivity index (χ0v) is 13.8. The molecule has 1 fully saturated rings. The first-order valence-electron chi connectivity index (χ1n) is 8.63. The van der Waals surface area contributed by atoms with Gasteiger partial charge in [0, 0.05) is 6.04 Å². The first-order valence-corrected chi connectivity index (χ1v) is 8.63. The quantitative estimate of drug-likeness (QED) is 0.807. The van der Waals surface area contributed by atoms with Gasteiger partial charge in [0.25, 0.3) is 5.91 Å². The largest absolute Gasteiger partial charge is 0.446 e. The van der Waals surface area contributed by atoms with E-state index in [-0.39, 0.29) is 18.0 Å². The molecule has 1 aliphatic rings. The molecule has 0 radical (unpaired) electrons. The summed E-state index contributed by atoms with van der Waals surface area (Å²) in [6.45, 7) is 4.20. The SMILES string of the molecule is CCCCC(N)c1nc(C(=O)NC(C)C2CCCCC2)co1. The van der Waals surface area contributed by atoms with Crippen LogP contribution in [0.25, 0.3) is 0 Å². The van der Waals surface area contributed by atoms with Gasteiger partial charge in [-0.15, -0.1) is 0 Å². The van der Waals surface area contributed by atoms with Crippen molar-refractivity contribution in [2.24, 2.45) is 11.7 Å². The maximum atomic E-state index is 12.3.